The first-order valence-corrected chi connectivity index (χ1v) is 12.3. The molecule has 0 atom stereocenters. The molecule has 3 aromatic heterocycles. The predicted molar refractivity (Wildman–Crippen MR) is 131 cm³/mol. The molecule has 1 N–H and O–H groups in total. The third-order valence-electron chi connectivity index (χ3n) is 5.74. The summed E-state index contributed by atoms with van der Waals surface area (Å²) in [4.78, 5) is 22.4. The maximum absolute atomic E-state index is 13.2. The van der Waals surface area contributed by atoms with E-state index in [1.54, 1.807) is 16.6 Å². The van der Waals surface area contributed by atoms with Crippen LogP contribution in [0, 0.1) is 5.82 Å². The fourth-order valence-electron chi connectivity index (χ4n) is 3.97. The molecule has 172 valence electrons. The highest BCUT2D eigenvalue weighted by Gasteiger charge is 2.22. The third kappa shape index (κ3) is 4.11. The molecule has 12 heteroatoms. The number of aromatic nitrogens is 5. The number of rotatable bonds is 5. The molecule has 9 nitrogen and oxygen atoms in total. The average molecular weight is 495 g/mol. The number of carbonyl (C=O) groups is 1. The van der Waals surface area contributed by atoms with Crippen molar-refractivity contribution in [2.75, 3.05) is 42.9 Å². The first-order valence-electron chi connectivity index (χ1n) is 10.7. The van der Waals surface area contributed by atoms with Crippen LogP contribution in [0.5, 0.6) is 0 Å². The summed E-state index contributed by atoms with van der Waals surface area (Å²) in [6.45, 7) is 3.40. The normalized spacial score (nSPS) is 14.8. The molecule has 34 heavy (non-hydrogen) atoms. The van der Waals surface area contributed by atoms with Crippen molar-refractivity contribution in [2.45, 2.75) is 0 Å². The Morgan fingerprint density at radius 2 is 1.88 bits per heavy atom. The second-order valence-corrected chi connectivity index (χ2v) is 9.46. The Balaban J connectivity index is 1.06. The first-order chi connectivity index (χ1) is 16.6. The highest BCUT2D eigenvalue weighted by Crippen LogP contribution is 2.27. The zero-order chi connectivity index (χ0) is 23.1. The molecule has 1 amide bonds. The summed E-state index contributed by atoms with van der Waals surface area (Å²) in [5.74, 6) is -0.328. The summed E-state index contributed by atoms with van der Waals surface area (Å²) < 4.78 is 23.4. The number of amides is 1. The van der Waals surface area contributed by atoms with Gasteiger partial charge in [-0.05, 0) is 36.4 Å². The number of halogens is 1. The molecular formula is C22H19FN8OS2. The van der Waals surface area contributed by atoms with Crippen LogP contribution < -0.4 is 10.2 Å². The number of carbonyl (C=O) groups excluding carboxylic acids is 1. The van der Waals surface area contributed by atoms with Crippen LogP contribution >= 0.6 is 23.1 Å². The fourth-order valence-corrected chi connectivity index (χ4v) is 5.46. The molecule has 1 fully saturated rings. The molecule has 1 saturated heterocycles. The van der Waals surface area contributed by atoms with Gasteiger partial charge in [-0.2, -0.15) is 8.75 Å². The van der Waals surface area contributed by atoms with Crippen LogP contribution in [0.3, 0.4) is 0 Å². The zero-order valence-corrected chi connectivity index (χ0v) is 19.5. The van der Waals surface area contributed by atoms with E-state index in [-0.39, 0.29) is 11.7 Å². The number of hydrogen-bond acceptors (Lipinski definition) is 9. The van der Waals surface area contributed by atoms with Crippen molar-refractivity contribution in [3.8, 4) is 11.3 Å². The Labute approximate surface area is 201 Å². The van der Waals surface area contributed by atoms with Gasteiger partial charge in [0.1, 0.15) is 16.9 Å². The van der Waals surface area contributed by atoms with Crippen molar-refractivity contribution in [1.82, 2.24) is 28.2 Å². The van der Waals surface area contributed by atoms with Gasteiger partial charge in [-0.15, -0.1) is 5.10 Å². The van der Waals surface area contributed by atoms with E-state index in [9.17, 15) is 9.18 Å². The van der Waals surface area contributed by atoms with Gasteiger partial charge in [-0.1, -0.05) is 17.4 Å². The Hall–Kier alpha value is -3.48. The average Bonchev–Trinajstić information content (AvgIpc) is 3.55. The molecule has 1 aliphatic rings. The van der Waals surface area contributed by atoms with Gasteiger partial charge < -0.3 is 10.2 Å². The van der Waals surface area contributed by atoms with Gasteiger partial charge in [0.2, 0.25) is 16.0 Å². The Kier molecular flexibility index (Phi) is 5.40. The molecule has 0 bridgehead atoms. The van der Waals surface area contributed by atoms with Crippen LogP contribution in [0.4, 0.5) is 15.2 Å². The van der Waals surface area contributed by atoms with Crippen LogP contribution in [0.1, 0.15) is 0 Å². The standard InChI is InChI=1S/C22H19FN8OS2/c23-15-6-4-14(5-7-15)18-12-31-21(25-18)33-22(26-31)30-10-8-29(9-11-30)13-19(32)24-16-2-1-3-17-20(16)28-34-27-17/h1-7,12H,8-11,13H2,(H,24,32). The number of nitrogens with zero attached hydrogens (tertiary/aromatic N) is 7. The number of fused-ring (bicyclic) bond motifs is 2. The van der Waals surface area contributed by atoms with Crippen LogP contribution in [-0.2, 0) is 4.79 Å². The minimum Gasteiger partial charge on any atom is -0.344 e. The summed E-state index contributed by atoms with van der Waals surface area (Å²) >= 11 is 2.66. The summed E-state index contributed by atoms with van der Waals surface area (Å²) in [5.41, 5.74) is 3.83. The van der Waals surface area contributed by atoms with Gasteiger partial charge in [0.15, 0.2) is 0 Å². The topological polar surface area (TPSA) is 91.6 Å². The molecule has 0 saturated carbocycles. The Morgan fingerprint density at radius 1 is 1.06 bits per heavy atom. The molecule has 0 radical (unpaired) electrons. The number of nitrogens with one attached hydrogen (secondary N) is 1. The molecule has 0 unspecified atom stereocenters. The minimum atomic E-state index is -0.268. The van der Waals surface area contributed by atoms with Gasteiger partial charge in [0, 0.05) is 31.7 Å². The number of benzene rings is 2. The van der Waals surface area contributed by atoms with Crippen LogP contribution in [0.2, 0.25) is 0 Å². The lowest BCUT2D eigenvalue weighted by Gasteiger charge is -2.33. The smallest absolute Gasteiger partial charge is 0.238 e. The lowest BCUT2D eigenvalue weighted by Crippen LogP contribution is -2.48. The minimum absolute atomic E-state index is 0.0602. The van der Waals surface area contributed by atoms with Crippen molar-refractivity contribution in [1.29, 1.82) is 0 Å². The lowest BCUT2D eigenvalue weighted by atomic mass is 10.2. The summed E-state index contributed by atoms with van der Waals surface area (Å²) in [6, 6.07) is 11.9. The Bertz CT molecular complexity index is 1440. The number of imidazole rings is 1. The monoisotopic (exact) mass is 494 g/mol. The number of hydrogen-bond donors (Lipinski definition) is 1. The van der Waals surface area contributed by atoms with Crippen molar-refractivity contribution in [2.24, 2.45) is 0 Å². The largest absolute Gasteiger partial charge is 0.344 e. The van der Waals surface area contributed by atoms with Gasteiger partial charge in [-0.25, -0.2) is 13.9 Å². The van der Waals surface area contributed by atoms with E-state index < -0.39 is 0 Å². The SMILES string of the molecule is O=C(CN1CCN(c2nn3cc(-c4ccc(F)cc4)nc3s2)CC1)Nc1cccc2nsnc12. The Morgan fingerprint density at radius 3 is 2.68 bits per heavy atom. The molecule has 2 aromatic carbocycles. The van der Waals surface area contributed by atoms with E-state index >= 15 is 0 Å². The van der Waals surface area contributed by atoms with Crippen LogP contribution in [0.25, 0.3) is 27.3 Å². The second kappa shape index (κ2) is 8.70. The zero-order valence-electron chi connectivity index (χ0n) is 17.9. The molecule has 4 heterocycles. The van der Waals surface area contributed by atoms with Crippen molar-refractivity contribution >= 4 is 55.8 Å². The van der Waals surface area contributed by atoms with E-state index in [2.05, 4.69) is 33.9 Å². The highest BCUT2D eigenvalue weighted by molar-refractivity contribution is 7.20. The van der Waals surface area contributed by atoms with Crippen molar-refractivity contribution < 1.29 is 9.18 Å². The van der Waals surface area contributed by atoms with Crippen molar-refractivity contribution in [3.63, 3.8) is 0 Å². The van der Waals surface area contributed by atoms with Gasteiger partial charge in [0.05, 0.1) is 35.9 Å². The third-order valence-corrected chi connectivity index (χ3v) is 7.27. The first kappa shape index (κ1) is 21.1. The summed E-state index contributed by atoms with van der Waals surface area (Å²) in [5, 5.41) is 8.55. The summed E-state index contributed by atoms with van der Waals surface area (Å²) in [6.07, 6.45) is 1.86. The van der Waals surface area contributed by atoms with Gasteiger partial charge >= 0.3 is 0 Å². The van der Waals surface area contributed by atoms with E-state index in [4.69, 9.17) is 0 Å². The predicted octanol–water partition coefficient (Wildman–Crippen LogP) is 3.36. The quantitative estimate of drug-likeness (QED) is 0.401. The van der Waals surface area contributed by atoms with E-state index in [0.29, 0.717) is 12.2 Å². The molecular weight excluding hydrogens is 475 g/mol. The van der Waals surface area contributed by atoms with Gasteiger partial charge in [-0.3, -0.25) is 9.69 Å². The molecule has 0 aliphatic carbocycles. The molecule has 6 rings (SSSR count). The second-order valence-electron chi connectivity index (χ2n) is 7.99. The number of piperazine rings is 1. The van der Waals surface area contributed by atoms with Crippen molar-refractivity contribution in [3.05, 3.63) is 54.5 Å². The highest BCUT2D eigenvalue weighted by atomic mass is 32.1. The maximum atomic E-state index is 13.2. The van der Waals surface area contributed by atoms with E-state index in [0.717, 1.165) is 70.3 Å². The number of anilines is 2. The summed E-state index contributed by atoms with van der Waals surface area (Å²) in [7, 11) is 0. The molecule has 5 aromatic rings. The lowest BCUT2D eigenvalue weighted by molar-refractivity contribution is -0.117. The molecule has 0 spiro atoms. The van der Waals surface area contributed by atoms with E-state index in [1.807, 2.05) is 24.4 Å². The van der Waals surface area contributed by atoms with Gasteiger partial charge in [0.25, 0.3) is 0 Å². The van der Waals surface area contributed by atoms with E-state index in [1.165, 1.54) is 23.5 Å². The van der Waals surface area contributed by atoms with Crippen LogP contribution in [0.15, 0.2) is 48.7 Å². The fraction of sp³-hybridized carbons (Fsp3) is 0.227. The maximum Gasteiger partial charge on any atom is 0.238 e. The van der Waals surface area contributed by atoms with Crippen LogP contribution in [-0.4, -0.2) is 66.9 Å². The molecule has 1 aliphatic heterocycles.